The molecule has 1 unspecified atom stereocenters. The van der Waals surface area contributed by atoms with Crippen LogP contribution in [0.4, 0.5) is 5.69 Å². The summed E-state index contributed by atoms with van der Waals surface area (Å²) in [6.45, 7) is 0.797. The standard InChI is InChI=1S/C22H24N2O5/c1-23-17-9-8-14(27-2)12-16(17)22(21(23)26)10-11-24(13-22)20(25)15-6-5-7-18(28-3)19(15)29-4/h5-9,12H,10-11,13H2,1-4H3. The van der Waals surface area contributed by atoms with Gasteiger partial charge in [-0.1, -0.05) is 6.07 Å². The highest BCUT2D eigenvalue weighted by atomic mass is 16.5. The monoisotopic (exact) mass is 396 g/mol. The number of para-hydroxylation sites is 1. The maximum absolute atomic E-state index is 13.3. The zero-order valence-corrected chi connectivity index (χ0v) is 17.0. The molecule has 0 aliphatic carbocycles. The van der Waals surface area contributed by atoms with Gasteiger partial charge in [-0.25, -0.2) is 0 Å². The molecule has 0 bridgehead atoms. The van der Waals surface area contributed by atoms with E-state index in [9.17, 15) is 9.59 Å². The lowest BCUT2D eigenvalue weighted by Crippen LogP contribution is -2.42. The first kappa shape index (κ1) is 19.1. The largest absolute Gasteiger partial charge is 0.497 e. The lowest BCUT2D eigenvalue weighted by Gasteiger charge is -2.24. The van der Waals surface area contributed by atoms with Crippen molar-refractivity contribution in [2.75, 3.05) is 46.4 Å². The summed E-state index contributed by atoms with van der Waals surface area (Å²) in [6.07, 6.45) is 0.564. The minimum atomic E-state index is -0.750. The first-order chi connectivity index (χ1) is 14.0. The molecule has 152 valence electrons. The third-order valence-corrected chi connectivity index (χ3v) is 5.98. The van der Waals surface area contributed by atoms with Crippen LogP contribution in [0.3, 0.4) is 0 Å². The fourth-order valence-corrected chi connectivity index (χ4v) is 4.47. The van der Waals surface area contributed by atoms with Gasteiger partial charge >= 0.3 is 0 Å². The summed E-state index contributed by atoms with van der Waals surface area (Å²) in [5.74, 6) is 1.43. The van der Waals surface area contributed by atoms with Crippen LogP contribution in [-0.4, -0.2) is 58.2 Å². The summed E-state index contributed by atoms with van der Waals surface area (Å²) in [4.78, 5) is 29.9. The maximum atomic E-state index is 13.3. The van der Waals surface area contributed by atoms with E-state index < -0.39 is 5.41 Å². The van der Waals surface area contributed by atoms with Gasteiger partial charge in [-0.15, -0.1) is 0 Å². The van der Waals surface area contributed by atoms with E-state index in [2.05, 4.69) is 0 Å². The highest BCUT2D eigenvalue weighted by molar-refractivity contribution is 6.09. The van der Waals surface area contributed by atoms with E-state index in [1.165, 1.54) is 14.2 Å². The van der Waals surface area contributed by atoms with Gasteiger partial charge in [0.1, 0.15) is 5.75 Å². The van der Waals surface area contributed by atoms with Crippen molar-refractivity contribution in [1.29, 1.82) is 0 Å². The van der Waals surface area contributed by atoms with Crippen LogP contribution in [-0.2, 0) is 10.2 Å². The van der Waals surface area contributed by atoms with Crippen LogP contribution >= 0.6 is 0 Å². The second-order valence-corrected chi connectivity index (χ2v) is 7.35. The Hall–Kier alpha value is -3.22. The molecule has 29 heavy (non-hydrogen) atoms. The fraction of sp³-hybridized carbons (Fsp3) is 0.364. The molecule has 4 rings (SSSR count). The number of rotatable bonds is 4. The molecule has 2 aliphatic rings. The normalized spacial score (nSPS) is 20.2. The molecule has 2 amide bonds. The van der Waals surface area contributed by atoms with Crippen molar-refractivity contribution in [2.45, 2.75) is 11.8 Å². The molecule has 0 aromatic heterocycles. The molecule has 2 aromatic carbocycles. The smallest absolute Gasteiger partial charge is 0.257 e. The SMILES string of the molecule is COc1ccc2c(c1)C1(CCN(C(=O)c3cccc(OC)c3OC)C1)C(=O)N2C. The Morgan fingerprint density at radius 2 is 1.86 bits per heavy atom. The molecule has 0 radical (unpaired) electrons. The Balaban J connectivity index is 1.70. The molecule has 1 spiro atoms. The van der Waals surface area contributed by atoms with Crippen molar-refractivity contribution in [2.24, 2.45) is 0 Å². The van der Waals surface area contributed by atoms with Gasteiger partial charge in [0.25, 0.3) is 5.91 Å². The van der Waals surface area contributed by atoms with Gasteiger partial charge in [-0.3, -0.25) is 9.59 Å². The number of amides is 2. The molecule has 2 aromatic rings. The number of benzene rings is 2. The van der Waals surface area contributed by atoms with Gasteiger partial charge in [0, 0.05) is 25.8 Å². The minimum absolute atomic E-state index is 0.00802. The third kappa shape index (κ3) is 2.72. The summed E-state index contributed by atoms with van der Waals surface area (Å²) in [7, 11) is 6.43. The van der Waals surface area contributed by atoms with Crippen LogP contribution in [0.5, 0.6) is 17.2 Å². The Labute approximate surface area is 169 Å². The van der Waals surface area contributed by atoms with E-state index >= 15 is 0 Å². The third-order valence-electron chi connectivity index (χ3n) is 5.98. The number of likely N-dealkylation sites (N-methyl/N-ethyl adjacent to an activating group) is 1. The predicted octanol–water partition coefficient (Wildman–Crippen LogP) is 2.47. The fourth-order valence-electron chi connectivity index (χ4n) is 4.47. The van der Waals surface area contributed by atoms with E-state index in [0.717, 1.165) is 11.3 Å². The van der Waals surface area contributed by atoms with E-state index in [1.807, 2.05) is 18.2 Å². The van der Waals surface area contributed by atoms with Crippen LogP contribution in [0.25, 0.3) is 0 Å². The average Bonchev–Trinajstić information content (AvgIpc) is 3.29. The summed E-state index contributed by atoms with van der Waals surface area (Å²) < 4.78 is 16.1. The highest BCUT2D eigenvalue weighted by Crippen LogP contribution is 2.48. The Kier molecular flexibility index (Phi) is 4.61. The van der Waals surface area contributed by atoms with Crippen LogP contribution in [0.2, 0.25) is 0 Å². The van der Waals surface area contributed by atoms with Gasteiger partial charge in [-0.05, 0) is 42.3 Å². The summed E-state index contributed by atoms with van der Waals surface area (Å²) in [6, 6.07) is 10.9. The van der Waals surface area contributed by atoms with Crippen molar-refractivity contribution in [3.8, 4) is 17.2 Å². The zero-order valence-electron chi connectivity index (χ0n) is 17.0. The Morgan fingerprint density at radius 1 is 1.07 bits per heavy atom. The number of anilines is 1. The number of hydrogen-bond donors (Lipinski definition) is 0. The molecule has 0 saturated carbocycles. The molecule has 1 saturated heterocycles. The number of methoxy groups -OCH3 is 3. The predicted molar refractivity (Wildman–Crippen MR) is 108 cm³/mol. The average molecular weight is 396 g/mol. The topological polar surface area (TPSA) is 68.3 Å². The number of carbonyl (C=O) groups is 2. The maximum Gasteiger partial charge on any atom is 0.257 e. The Bertz CT molecular complexity index is 989. The van der Waals surface area contributed by atoms with E-state index in [-0.39, 0.29) is 11.8 Å². The van der Waals surface area contributed by atoms with Crippen LogP contribution in [0, 0.1) is 0 Å². The molecule has 2 aliphatic heterocycles. The zero-order chi connectivity index (χ0) is 20.8. The lowest BCUT2D eigenvalue weighted by molar-refractivity contribution is -0.122. The van der Waals surface area contributed by atoms with Gasteiger partial charge in [0.2, 0.25) is 5.91 Å². The summed E-state index contributed by atoms with van der Waals surface area (Å²) in [5, 5.41) is 0. The van der Waals surface area contributed by atoms with Gasteiger partial charge in [0.15, 0.2) is 11.5 Å². The van der Waals surface area contributed by atoms with Crippen molar-refractivity contribution < 1.29 is 23.8 Å². The van der Waals surface area contributed by atoms with Crippen LogP contribution in [0.15, 0.2) is 36.4 Å². The molecule has 2 heterocycles. The van der Waals surface area contributed by atoms with Gasteiger partial charge < -0.3 is 24.0 Å². The van der Waals surface area contributed by atoms with Crippen LogP contribution in [0.1, 0.15) is 22.3 Å². The number of nitrogens with zero attached hydrogens (tertiary/aromatic N) is 2. The minimum Gasteiger partial charge on any atom is -0.497 e. The summed E-state index contributed by atoms with van der Waals surface area (Å²) >= 11 is 0. The first-order valence-corrected chi connectivity index (χ1v) is 9.44. The second kappa shape index (κ2) is 6.99. The van der Waals surface area contributed by atoms with E-state index in [1.54, 1.807) is 42.2 Å². The molecule has 7 heteroatoms. The van der Waals surface area contributed by atoms with E-state index in [0.29, 0.717) is 42.3 Å². The molecule has 1 fully saturated rings. The molecular weight excluding hydrogens is 372 g/mol. The number of likely N-dealkylation sites (tertiary alicyclic amines) is 1. The number of hydrogen-bond acceptors (Lipinski definition) is 5. The van der Waals surface area contributed by atoms with Crippen molar-refractivity contribution in [3.63, 3.8) is 0 Å². The van der Waals surface area contributed by atoms with Gasteiger partial charge in [0.05, 0.1) is 32.3 Å². The first-order valence-electron chi connectivity index (χ1n) is 9.44. The molecule has 1 atom stereocenters. The number of carbonyl (C=O) groups excluding carboxylic acids is 2. The highest BCUT2D eigenvalue weighted by Gasteiger charge is 2.54. The van der Waals surface area contributed by atoms with Crippen molar-refractivity contribution >= 4 is 17.5 Å². The molecular formula is C22H24N2O5. The number of ether oxygens (including phenoxy) is 3. The van der Waals surface area contributed by atoms with Crippen molar-refractivity contribution in [3.05, 3.63) is 47.5 Å². The van der Waals surface area contributed by atoms with E-state index in [4.69, 9.17) is 14.2 Å². The van der Waals surface area contributed by atoms with Crippen LogP contribution < -0.4 is 19.1 Å². The molecule has 0 N–H and O–H groups in total. The lowest BCUT2D eigenvalue weighted by atomic mass is 9.81. The summed E-state index contributed by atoms with van der Waals surface area (Å²) in [5.41, 5.74) is 1.45. The number of fused-ring (bicyclic) bond motifs is 2. The molecule has 7 nitrogen and oxygen atoms in total. The van der Waals surface area contributed by atoms with Gasteiger partial charge in [-0.2, -0.15) is 0 Å². The quantitative estimate of drug-likeness (QED) is 0.794. The second-order valence-electron chi connectivity index (χ2n) is 7.35. The van der Waals surface area contributed by atoms with Crippen molar-refractivity contribution in [1.82, 2.24) is 4.90 Å². The Morgan fingerprint density at radius 3 is 2.55 bits per heavy atom.